The standard InChI is InChI=1S/C22H16ClN3O3S2/c23-16-4-5-18-14(12-16)8-10-24-22(18)15-2-1-3-17(13-15)26-31(27,28)21-7-6-20(30-21)19-9-11-29-25-19/h1-7,9,11-13,26H,8,10H2. The second-order valence-electron chi connectivity index (χ2n) is 6.97. The van der Waals surface area contributed by atoms with E-state index in [0.29, 0.717) is 22.9 Å². The van der Waals surface area contributed by atoms with E-state index in [0.717, 1.165) is 45.0 Å². The molecule has 0 saturated heterocycles. The largest absolute Gasteiger partial charge is 0.364 e. The summed E-state index contributed by atoms with van der Waals surface area (Å²) in [6.07, 6.45) is 2.28. The second kappa shape index (κ2) is 7.96. The van der Waals surface area contributed by atoms with Crippen molar-refractivity contribution in [2.24, 2.45) is 4.99 Å². The molecule has 0 unspecified atom stereocenters. The normalized spacial score (nSPS) is 13.5. The number of sulfonamides is 1. The van der Waals surface area contributed by atoms with Crippen LogP contribution in [-0.2, 0) is 16.4 Å². The first kappa shape index (κ1) is 20.0. The van der Waals surface area contributed by atoms with Gasteiger partial charge in [0.2, 0.25) is 0 Å². The highest BCUT2D eigenvalue weighted by molar-refractivity contribution is 7.94. The Hall–Kier alpha value is -2.94. The zero-order valence-corrected chi connectivity index (χ0v) is 18.5. The quantitative estimate of drug-likeness (QED) is 0.432. The number of hydrogen-bond acceptors (Lipinski definition) is 6. The fourth-order valence-electron chi connectivity index (χ4n) is 3.50. The summed E-state index contributed by atoms with van der Waals surface area (Å²) < 4.78 is 33.5. The van der Waals surface area contributed by atoms with Crippen molar-refractivity contribution in [2.75, 3.05) is 11.3 Å². The number of aliphatic imine (C=N–C) groups is 1. The van der Waals surface area contributed by atoms with Crippen molar-refractivity contribution >= 4 is 44.4 Å². The number of halogens is 1. The highest BCUT2D eigenvalue weighted by Gasteiger charge is 2.20. The van der Waals surface area contributed by atoms with E-state index in [-0.39, 0.29) is 4.21 Å². The lowest BCUT2D eigenvalue weighted by molar-refractivity contribution is 0.422. The summed E-state index contributed by atoms with van der Waals surface area (Å²) >= 11 is 7.27. The molecule has 31 heavy (non-hydrogen) atoms. The minimum Gasteiger partial charge on any atom is -0.364 e. The van der Waals surface area contributed by atoms with Crippen LogP contribution in [0, 0.1) is 0 Å². The highest BCUT2D eigenvalue weighted by Crippen LogP contribution is 2.31. The van der Waals surface area contributed by atoms with Gasteiger partial charge in [-0.2, -0.15) is 0 Å². The number of rotatable bonds is 5. The molecular weight excluding hydrogens is 454 g/mol. The topological polar surface area (TPSA) is 84.6 Å². The average molecular weight is 470 g/mol. The fourth-order valence-corrected chi connectivity index (χ4v) is 6.01. The van der Waals surface area contributed by atoms with Gasteiger partial charge in [0.1, 0.15) is 16.2 Å². The Morgan fingerprint density at radius 2 is 1.97 bits per heavy atom. The molecule has 0 saturated carbocycles. The molecule has 6 nitrogen and oxygen atoms in total. The van der Waals surface area contributed by atoms with E-state index in [1.54, 1.807) is 30.3 Å². The Balaban J connectivity index is 1.43. The monoisotopic (exact) mass is 469 g/mol. The summed E-state index contributed by atoms with van der Waals surface area (Å²) in [5.74, 6) is 0. The summed E-state index contributed by atoms with van der Waals surface area (Å²) in [4.78, 5) is 5.40. The van der Waals surface area contributed by atoms with Crippen molar-refractivity contribution in [3.8, 4) is 10.6 Å². The lowest BCUT2D eigenvalue weighted by atomic mass is 9.93. The third-order valence-electron chi connectivity index (χ3n) is 4.90. The van der Waals surface area contributed by atoms with E-state index >= 15 is 0 Å². The number of anilines is 1. The molecule has 9 heteroatoms. The summed E-state index contributed by atoms with van der Waals surface area (Å²) in [5, 5.41) is 4.55. The summed E-state index contributed by atoms with van der Waals surface area (Å²) in [5.41, 5.74) is 4.91. The van der Waals surface area contributed by atoms with Crippen LogP contribution < -0.4 is 4.72 Å². The molecule has 2 aromatic heterocycles. The van der Waals surface area contributed by atoms with Crippen LogP contribution in [0.3, 0.4) is 0 Å². The van der Waals surface area contributed by atoms with Crippen molar-refractivity contribution in [1.29, 1.82) is 0 Å². The van der Waals surface area contributed by atoms with Gasteiger partial charge >= 0.3 is 0 Å². The molecule has 0 atom stereocenters. The Morgan fingerprint density at radius 1 is 1.06 bits per heavy atom. The first-order valence-electron chi connectivity index (χ1n) is 9.47. The highest BCUT2D eigenvalue weighted by atomic mass is 35.5. The van der Waals surface area contributed by atoms with Crippen molar-refractivity contribution < 1.29 is 12.9 Å². The van der Waals surface area contributed by atoms with E-state index < -0.39 is 10.0 Å². The van der Waals surface area contributed by atoms with Gasteiger partial charge in [0, 0.05) is 34.4 Å². The predicted octanol–water partition coefficient (Wildman–Crippen LogP) is 5.25. The Bertz CT molecular complexity index is 1390. The maximum absolute atomic E-state index is 12.9. The molecule has 0 spiro atoms. The SMILES string of the molecule is O=S(=O)(Nc1cccc(C2=NCCc3cc(Cl)ccc32)c1)c1ccc(-c2ccon2)s1. The number of benzene rings is 2. The van der Waals surface area contributed by atoms with Gasteiger partial charge in [-0.25, -0.2) is 8.42 Å². The van der Waals surface area contributed by atoms with Crippen LogP contribution in [0.1, 0.15) is 16.7 Å². The zero-order valence-electron chi connectivity index (χ0n) is 16.1. The van der Waals surface area contributed by atoms with Crippen LogP contribution >= 0.6 is 22.9 Å². The van der Waals surface area contributed by atoms with Crippen LogP contribution in [0.15, 0.2) is 80.7 Å². The molecule has 3 heterocycles. The van der Waals surface area contributed by atoms with Gasteiger partial charge in [-0.15, -0.1) is 11.3 Å². The first-order valence-corrected chi connectivity index (χ1v) is 12.1. The minimum atomic E-state index is -3.74. The lowest BCUT2D eigenvalue weighted by Crippen LogP contribution is -2.15. The Labute approximate surface area is 188 Å². The molecule has 4 aromatic rings. The van der Waals surface area contributed by atoms with Gasteiger partial charge in [-0.1, -0.05) is 35.0 Å². The first-order chi connectivity index (χ1) is 15.0. The summed E-state index contributed by atoms with van der Waals surface area (Å²) in [6.45, 7) is 0.665. The van der Waals surface area contributed by atoms with Gasteiger partial charge in [0.25, 0.3) is 10.0 Å². The molecule has 1 aliphatic heterocycles. The lowest BCUT2D eigenvalue weighted by Gasteiger charge is -2.18. The van der Waals surface area contributed by atoms with E-state index in [4.69, 9.17) is 16.1 Å². The Kier molecular flexibility index (Phi) is 5.13. The molecular formula is C22H16ClN3O3S2. The van der Waals surface area contributed by atoms with Crippen LogP contribution in [0.4, 0.5) is 5.69 Å². The van der Waals surface area contributed by atoms with Crippen molar-refractivity contribution in [3.63, 3.8) is 0 Å². The second-order valence-corrected chi connectivity index (χ2v) is 10.4. The molecule has 156 valence electrons. The van der Waals surface area contributed by atoms with E-state index in [1.807, 2.05) is 30.3 Å². The number of thiophene rings is 1. The van der Waals surface area contributed by atoms with E-state index in [1.165, 1.54) is 6.26 Å². The number of aromatic nitrogens is 1. The molecule has 0 fully saturated rings. The Morgan fingerprint density at radius 3 is 2.81 bits per heavy atom. The van der Waals surface area contributed by atoms with E-state index in [9.17, 15) is 8.42 Å². The number of hydrogen-bond donors (Lipinski definition) is 1. The summed E-state index contributed by atoms with van der Waals surface area (Å²) in [6, 6.07) is 18.0. The number of nitrogens with one attached hydrogen (secondary N) is 1. The molecule has 0 radical (unpaired) electrons. The maximum Gasteiger partial charge on any atom is 0.271 e. The van der Waals surface area contributed by atoms with Gasteiger partial charge in [0.05, 0.1) is 10.6 Å². The van der Waals surface area contributed by atoms with Gasteiger partial charge in [0.15, 0.2) is 0 Å². The molecule has 0 aliphatic carbocycles. The van der Waals surface area contributed by atoms with Gasteiger partial charge in [-0.3, -0.25) is 9.71 Å². The van der Waals surface area contributed by atoms with Crippen LogP contribution in [0.2, 0.25) is 5.02 Å². The molecule has 5 rings (SSSR count). The van der Waals surface area contributed by atoms with Crippen LogP contribution in [-0.4, -0.2) is 25.8 Å². The van der Waals surface area contributed by atoms with Gasteiger partial charge in [-0.05, 0) is 48.4 Å². The molecule has 2 aromatic carbocycles. The smallest absolute Gasteiger partial charge is 0.271 e. The third-order valence-corrected chi connectivity index (χ3v) is 8.11. The molecule has 0 amide bonds. The van der Waals surface area contributed by atoms with Crippen molar-refractivity contribution in [1.82, 2.24) is 5.16 Å². The van der Waals surface area contributed by atoms with Crippen LogP contribution in [0.5, 0.6) is 0 Å². The van der Waals surface area contributed by atoms with E-state index in [2.05, 4.69) is 14.9 Å². The summed E-state index contributed by atoms with van der Waals surface area (Å²) in [7, 11) is -3.74. The number of nitrogens with zero attached hydrogens (tertiary/aromatic N) is 2. The minimum absolute atomic E-state index is 0.200. The maximum atomic E-state index is 12.9. The molecule has 1 aliphatic rings. The molecule has 0 bridgehead atoms. The molecule has 1 N–H and O–H groups in total. The zero-order chi connectivity index (χ0) is 21.4. The van der Waals surface area contributed by atoms with Crippen molar-refractivity contribution in [3.05, 3.63) is 88.6 Å². The number of fused-ring (bicyclic) bond motifs is 1. The average Bonchev–Trinajstić information content (AvgIpc) is 3.45. The van der Waals surface area contributed by atoms with Crippen molar-refractivity contribution in [2.45, 2.75) is 10.6 Å². The third kappa shape index (κ3) is 4.01. The van der Waals surface area contributed by atoms with Gasteiger partial charge < -0.3 is 4.52 Å². The predicted molar refractivity (Wildman–Crippen MR) is 123 cm³/mol. The van der Waals surface area contributed by atoms with Crippen LogP contribution in [0.25, 0.3) is 10.6 Å². The fraction of sp³-hybridized carbons (Fsp3) is 0.0909.